The van der Waals surface area contributed by atoms with Crippen LogP contribution in [-0.4, -0.2) is 56.5 Å². The Morgan fingerprint density at radius 3 is 2.88 bits per heavy atom. The molecule has 33 heavy (non-hydrogen) atoms. The van der Waals surface area contributed by atoms with Gasteiger partial charge >= 0.3 is 11.8 Å². The fourth-order valence-electron chi connectivity index (χ4n) is 3.61. The average molecular weight is 454 g/mol. The number of nitrogens with zero attached hydrogens (tertiary/aromatic N) is 5. The Hall–Kier alpha value is -3.86. The summed E-state index contributed by atoms with van der Waals surface area (Å²) in [5.41, 5.74) is 2.06. The number of carbonyl (C=O) groups excluding carboxylic acids is 1. The number of benzene rings is 1. The van der Waals surface area contributed by atoms with Crippen molar-refractivity contribution in [2.24, 2.45) is 0 Å². The van der Waals surface area contributed by atoms with Gasteiger partial charge in [-0.3, -0.25) is 19.2 Å². The molecule has 2 aromatic heterocycles. The summed E-state index contributed by atoms with van der Waals surface area (Å²) < 4.78 is 21.4. The molecule has 1 N–H and O–H groups in total. The monoisotopic (exact) mass is 454 g/mol. The molecule has 0 saturated heterocycles. The van der Waals surface area contributed by atoms with Crippen molar-refractivity contribution in [1.82, 2.24) is 24.8 Å². The zero-order valence-electron chi connectivity index (χ0n) is 18.0. The standard InChI is InChI=1S/C22H23FN6O4/c1-2-24-21(30)17-12-15(6-7-18(17)23)19-5-3-4-16(25-19)13-27-8-9-28-14-20(29(31)32)26-22(28)33-11-10-27/h3-7,12,14H,2,8-11,13H2,1H3,(H,24,30). The van der Waals surface area contributed by atoms with Crippen molar-refractivity contribution in [3.8, 4) is 17.3 Å². The fourth-order valence-corrected chi connectivity index (χ4v) is 3.61. The number of rotatable bonds is 6. The highest BCUT2D eigenvalue weighted by atomic mass is 19.1. The third-order valence-electron chi connectivity index (χ3n) is 5.25. The van der Waals surface area contributed by atoms with Crippen LogP contribution in [0.1, 0.15) is 23.0 Å². The molecule has 0 saturated carbocycles. The third-order valence-corrected chi connectivity index (χ3v) is 5.25. The lowest BCUT2D eigenvalue weighted by atomic mass is 10.1. The number of pyridine rings is 1. The molecule has 0 unspecified atom stereocenters. The van der Waals surface area contributed by atoms with E-state index in [2.05, 4.69) is 15.2 Å². The van der Waals surface area contributed by atoms with E-state index < -0.39 is 16.6 Å². The number of fused-ring (bicyclic) bond motifs is 1. The molecule has 11 heteroatoms. The van der Waals surface area contributed by atoms with Crippen molar-refractivity contribution in [2.45, 2.75) is 20.0 Å². The predicted octanol–water partition coefficient (Wildman–Crippen LogP) is 2.64. The van der Waals surface area contributed by atoms with Crippen LogP contribution in [0.2, 0.25) is 0 Å². The summed E-state index contributed by atoms with van der Waals surface area (Å²) in [6, 6.07) is 10.2. The number of ether oxygens (including phenoxy) is 1. The van der Waals surface area contributed by atoms with E-state index in [1.807, 2.05) is 18.2 Å². The molecule has 0 bridgehead atoms. The van der Waals surface area contributed by atoms with E-state index in [0.717, 1.165) is 5.69 Å². The normalized spacial score (nSPS) is 14.0. The Morgan fingerprint density at radius 1 is 1.24 bits per heavy atom. The molecule has 1 aliphatic rings. The second-order valence-corrected chi connectivity index (χ2v) is 7.53. The van der Waals surface area contributed by atoms with Crippen LogP contribution in [0.25, 0.3) is 11.3 Å². The van der Waals surface area contributed by atoms with Gasteiger partial charge in [0.05, 0.1) is 17.0 Å². The van der Waals surface area contributed by atoms with Gasteiger partial charge in [-0.2, -0.15) is 0 Å². The van der Waals surface area contributed by atoms with Crippen molar-refractivity contribution in [3.05, 3.63) is 69.8 Å². The van der Waals surface area contributed by atoms with Crippen molar-refractivity contribution in [3.63, 3.8) is 0 Å². The van der Waals surface area contributed by atoms with E-state index in [1.54, 1.807) is 17.6 Å². The van der Waals surface area contributed by atoms with Crippen LogP contribution in [0.4, 0.5) is 10.2 Å². The second-order valence-electron chi connectivity index (χ2n) is 7.53. The predicted molar refractivity (Wildman–Crippen MR) is 117 cm³/mol. The first-order valence-corrected chi connectivity index (χ1v) is 10.6. The molecule has 3 heterocycles. The molecule has 3 aromatic rings. The Labute approximate surface area is 189 Å². The second kappa shape index (κ2) is 9.74. The van der Waals surface area contributed by atoms with Gasteiger partial charge in [0.2, 0.25) is 0 Å². The highest BCUT2D eigenvalue weighted by Gasteiger charge is 2.23. The number of nitro groups is 1. The summed E-state index contributed by atoms with van der Waals surface area (Å²) in [4.78, 5) is 33.3. The van der Waals surface area contributed by atoms with Gasteiger partial charge < -0.3 is 20.2 Å². The lowest BCUT2D eigenvalue weighted by Gasteiger charge is -2.24. The zero-order valence-corrected chi connectivity index (χ0v) is 18.0. The number of carbonyl (C=O) groups is 1. The highest BCUT2D eigenvalue weighted by molar-refractivity contribution is 5.95. The molecule has 0 radical (unpaired) electrons. The summed E-state index contributed by atoms with van der Waals surface area (Å²) in [7, 11) is 0. The Bertz CT molecular complexity index is 1180. The summed E-state index contributed by atoms with van der Waals surface area (Å²) in [6.07, 6.45) is 1.37. The van der Waals surface area contributed by atoms with E-state index in [0.29, 0.717) is 50.6 Å². The summed E-state index contributed by atoms with van der Waals surface area (Å²) in [5, 5.41) is 13.6. The van der Waals surface area contributed by atoms with E-state index in [1.165, 1.54) is 18.3 Å². The van der Waals surface area contributed by atoms with Crippen LogP contribution in [-0.2, 0) is 13.1 Å². The van der Waals surface area contributed by atoms with Gasteiger partial charge in [0, 0.05) is 43.3 Å². The fraction of sp³-hybridized carbons (Fsp3) is 0.318. The SMILES string of the molecule is CCNC(=O)c1cc(-c2cccc(CN3CCOc4nc([N+](=O)[O-])cn4CC3)n2)ccc1F. The van der Waals surface area contributed by atoms with Crippen molar-refractivity contribution >= 4 is 11.7 Å². The van der Waals surface area contributed by atoms with Crippen molar-refractivity contribution in [1.29, 1.82) is 0 Å². The van der Waals surface area contributed by atoms with Gasteiger partial charge in [-0.15, -0.1) is 0 Å². The van der Waals surface area contributed by atoms with Gasteiger partial charge in [-0.1, -0.05) is 6.07 Å². The molecule has 1 aliphatic heterocycles. The largest absolute Gasteiger partial charge is 0.444 e. The van der Waals surface area contributed by atoms with Crippen LogP contribution >= 0.6 is 0 Å². The van der Waals surface area contributed by atoms with Crippen molar-refractivity contribution < 1.29 is 18.8 Å². The molecule has 0 atom stereocenters. The number of hydrogen-bond donors (Lipinski definition) is 1. The van der Waals surface area contributed by atoms with E-state index >= 15 is 0 Å². The molecule has 1 aromatic carbocycles. The van der Waals surface area contributed by atoms with Crippen LogP contribution < -0.4 is 10.1 Å². The van der Waals surface area contributed by atoms with E-state index in [-0.39, 0.29) is 17.4 Å². The Balaban J connectivity index is 1.49. The minimum absolute atomic E-state index is 0.0206. The molecular formula is C22H23FN6O4. The van der Waals surface area contributed by atoms with Gasteiger partial charge in [-0.05, 0) is 42.2 Å². The molecule has 0 aliphatic carbocycles. The van der Waals surface area contributed by atoms with E-state index in [4.69, 9.17) is 9.72 Å². The number of hydrogen-bond acceptors (Lipinski definition) is 7. The number of aromatic nitrogens is 3. The maximum atomic E-state index is 14.1. The van der Waals surface area contributed by atoms with Gasteiger partial charge in [0.15, 0.2) is 0 Å². The minimum atomic E-state index is -0.583. The Morgan fingerprint density at radius 2 is 2.09 bits per heavy atom. The van der Waals surface area contributed by atoms with Crippen LogP contribution in [0.3, 0.4) is 0 Å². The maximum absolute atomic E-state index is 14.1. The lowest BCUT2D eigenvalue weighted by Crippen LogP contribution is -2.33. The van der Waals surface area contributed by atoms with Gasteiger partial charge in [0.1, 0.15) is 18.6 Å². The molecule has 10 nitrogen and oxygen atoms in total. The first-order valence-electron chi connectivity index (χ1n) is 10.6. The molecular weight excluding hydrogens is 431 g/mol. The minimum Gasteiger partial charge on any atom is -0.444 e. The first kappa shape index (κ1) is 22.3. The van der Waals surface area contributed by atoms with Crippen LogP contribution in [0.15, 0.2) is 42.6 Å². The maximum Gasteiger partial charge on any atom is 0.414 e. The number of nitrogens with one attached hydrogen (secondary N) is 1. The van der Waals surface area contributed by atoms with Crippen LogP contribution in [0, 0.1) is 15.9 Å². The lowest BCUT2D eigenvalue weighted by molar-refractivity contribution is -0.389. The molecule has 172 valence electrons. The number of imidazole rings is 1. The van der Waals surface area contributed by atoms with Crippen molar-refractivity contribution in [2.75, 3.05) is 26.2 Å². The third kappa shape index (κ3) is 5.14. The van der Waals surface area contributed by atoms with Crippen LogP contribution in [0.5, 0.6) is 6.01 Å². The van der Waals surface area contributed by atoms with Gasteiger partial charge in [0.25, 0.3) is 5.91 Å². The number of halogens is 1. The molecule has 0 fully saturated rings. The smallest absolute Gasteiger partial charge is 0.414 e. The summed E-state index contributed by atoms with van der Waals surface area (Å²) >= 11 is 0. The quantitative estimate of drug-likeness (QED) is 0.450. The average Bonchev–Trinajstić information content (AvgIpc) is 3.19. The van der Waals surface area contributed by atoms with E-state index in [9.17, 15) is 19.3 Å². The highest BCUT2D eigenvalue weighted by Crippen LogP contribution is 2.22. The van der Waals surface area contributed by atoms with Gasteiger partial charge in [-0.25, -0.2) is 4.39 Å². The first-order chi connectivity index (χ1) is 15.9. The molecule has 0 spiro atoms. The number of amides is 1. The zero-order chi connectivity index (χ0) is 23.4. The topological polar surface area (TPSA) is 115 Å². The molecule has 4 rings (SSSR count). The Kier molecular flexibility index (Phi) is 6.59. The molecule has 1 amide bonds. The summed E-state index contributed by atoms with van der Waals surface area (Å²) in [5.74, 6) is -1.28. The summed E-state index contributed by atoms with van der Waals surface area (Å²) in [6.45, 7) is 4.77.